The van der Waals surface area contributed by atoms with E-state index in [1.165, 1.54) is 0 Å². The van der Waals surface area contributed by atoms with Crippen LogP contribution in [0.4, 0.5) is 0 Å². The van der Waals surface area contributed by atoms with Crippen LogP contribution in [-0.2, 0) is 0 Å². The van der Waals surface area contributed by atoms with Gasteiger partial charge in [-0.3, -0.25) is 0 Å². The smallest absolute Gasteiger partial charge is 0.162 e. The minimum atomic E-state index is 0.219. The third kappa shape index (κ3) is 1.66. The van der Waals surface area contributed by atoms with Gasteiger partial charge in [-0.2, -0.15) is 5.26 Å². The molecule has 1 aromatic heterocycles. The lowest BCUT2D eigenvalue weighted by atomic mass is 10.1. The first-order chi connectivity index (χ1) is 7.22. The maximum atomic E-state index is 8.97. The van der Waals surface area contributed by atoms with E-state index in [4.69, 9.17) is 5.26 Å². The van der Waals surface area contributed by atoms with Crippen molar-refractivity contribution in [2.24, 2.45) is 0 Å². The van der Waals surface area contributed by atoms with E-state index >= 15 is 0 Å². The molecule has 3 heteroatoms. The molecule has 0 amide bonds. The molecule has 0 saturated heterocycles. The van der Waals surface area contributed by atoms with Crippen LogP contribution >= 0.6 is 0 Å². The van der Waals surface area contributed by atoms with E-state index in [1.54, 1.807) is 0 Å². The summed E-state index contributed by atoms with van der Waals surface area (Å²) in [7, 11) is 0. The Labute approximate surface area is 88.4 Å². The molecule has 0 unspecified atom stereocenters. The third-order valence-corrected chi connectivity index (χ3v) is 2.25. The number of hydrogen-bond acceptors (Lipinski definition) is 3. The summed E-state index contributed by atoms with van der Waals surface area (Å²) >= 11 is 0. The molecule has 0 N–H and O–H groups in total. The van der Waals surface area contributed by atoms with E-state index in [1.807, 2.05) is 38.1 Å². The van der Waals surface area contributed by atoms with Crippen LogP contribution in [0.2, 0.25) is 0 Å². The summed E-state index contributed by atoms with van der Waals surface area (Å²) in [5.74, 6) is 0.219. The van der Waals surface area contributed by atoms with Crippen LogP contribution in [0.25, 0.3) is 11.0 Å². The highest BCUT2D eigenvalue weighted by atomic mass is 14.8. The van der Waals surface area contributed by atoms with Crippen molar-refractivity contribution >= 4 is 11.0 Å². The highest BCUT2D eigenvalue weighted by Gasteiger charge is 2.10. The molecule has 74 valence electrons. The zero-order chi connectivity index (χ0) is 10.8. The maximum absolute atomic E-state index is 8.97. The first-order valence-electron chi connectivity index (χ1n) is 4.89. The molecule has 3 nitrogen and oxygen atoms in total. The van der Waals surface area contributed by atoms with Gasteiger partial charge in [-0.05, 0) is 18.1 Å². The second kappa shape index (κ2) is 3.66. The Balaban J connectivity index is 2.76. The molecule has 0 spiro atoms. The van der Waals surface area contributed by atoms with Crippen molar-refractivity contribution in [2.75, 3.05) is 0 Å². The van der Waals surface area contributed by atoms with Crippen molar-refractivity contribution in [3.63, 3.8) is 0 Å². The highest BCUT2D eigenvalue weighted by molar-refractivity contribution is 5.74. The van der Waals surface area contributed by atoms with Gasteiger partial charge in [0.25, 0.3) is 0 Å². The normalized spacial score (nSPS) is 10.5. The molecular formula is C12H11N3. The second-order valence-corrected chi connectivity index (χ2v) is 3.71. The van der Waals surface area contributed by atoms with Gasteiger partial charge in [0.2, 0.25) is 0 Å². The zero-order valence-electron chi connectivity index (χ0n) is 8.73. The lowest BCUT2D eigenvalue weighted by Gasteiger charge is -2.07. The maximum Gasteiger partial charge on any atom is 0.162 e. The molecule has 0 aliphatic carbocycles. The Morgan fingerprint density at radius 3 is 2.27 bits per heavy atom. The van der Waals surface area contributed by atoms with Crippen molar-refractivity contribution in [1.29, 1.82) is 5.26 Å². The Bertz CT molecular complexity index is 538. The second-order valence-electron chi connectivity index (χ2n) is 3.71. The molecule has 0 aliphatic heterocycles. The lowest BCUT2D eigenvalue weighted by Crippen LogP contribution is -2.00. The topological polar surface area (TPSA) is 49.6 Å². The Morgan fingerprint density at radius 2 is 1.73 bits per heavy atom. The molecule has 0 bridgehead atoms. The van der Waals surface area contributed by atoms with Crippen LogP contribution in [0.1, 0.15) is 31.2 Å². The standard InChI is InChI=1S/C12H11N3/c1-8(2)12-11(7-13)14-9-5-3-4-6-10(9)15-12/h3-6,8H,1-2H3. The van der Waals surface area contributed by atoms with E-state index in [0.29, 0.717) is 5.69 Å². The molecule has 1 heterocycles. The van der Waals surface area contributed by atoms with Crippen LogP contribution in [0.3, 0.4) is 0 Å². The predicted octanol–water partition coefficient (Wildman–Crippen LogP) is 2.62. The van der Waals surface area contributed by atoms with Crippen molar-refractivity contribution in [1.82, 2.24) is 9.97 Å². The van der Waals surface area contributed by atoms with Crippen molar-refractivity contribution < 1.29 is 0 Å². The van der Waals surface area contributed by atoms with Crippen LogP contribution in [0, 0.1) is 11.3 Å². The number of rotatable bonds is 1. The average molecular weight is 197 g/mol. The number of nitrogens with zero attached hydrogens (tertiary/aromatic N) is 3. The van der Waals surface area contributed by atoms with E-state index in [2.05, 4.69) is 16.0 Å². The molecule has 15 heavy (non-hydrogen) atoms. The molecule has 1 aromatic carbocycles. The number of fused-ring (bicyclic) bond motifs is 1. The van der Waals surface area contributed by atoms with Gasteiger partial charge in [0, 0.05) is 0 Å². The first-order valence-corrected chi connectivity index (χ1v) is 4.89. The van der Waals surface area contributed by atoms with Gasteiger partial charge in [0.1, 0.15) is 6.07 Å². The molecule has 0 fully saturated rings. The molecular weight excluding hydrogens is 186 g/mol. The third-order valence-electron chi connectivity index (χ3n) is 2.25. The van der Waals surface area contributed by atoms with Gasteiger partial charge in [0.05, 0.1) is 16.7 Å². The molecule has 0 radical (unpaired) electrons. The van der Waals surface area contributed by atoms with Gasteiger partial charge in [0.15, 0.2) is 5.69 Å². The summed E-state index contributed by atoms with van der Waals surface area (Å²) < 4.78 is 0. The first kappa shape index (κ1) is 9.60. The predicted molar refractivity (Wildman–Crippen MR) is 58.3 cm³/mol. The molecule has 0 aliphatic rings. The fraction of sp³-hybridized carbons (Fsp3) is 0.250. The van der Waals surface area contributed by atoms with Gasteiger partial charge >= 0.3 is 0 Å². The van der Waals surface area contributed by atoms with Gasteiger partial charge in [-0.1, -0.05) is 26.0 Å². The number of aromatic nitrogens is 2. The van der Waals surface area contributed by atoms with Gasteiger partial charge < -0.3 is 0 Å². The van der Waals surface area contributed by atoms with E-state index < -0.39 is 0 Å². The van der Waals surface area contributed by atoms with Crippen molar-refractivity contribution in [2.45, 2.75) is 19.8 Å². The minimum Gasteiger partial charge on any atom is -0.248 e. The summed E-state index contributed by atoms with van der Waals surface area (Å²) in [6, 6.07) is 9.70. The van der Waals surface area contributed by atoms with Gasteiger partial charge in [-0.15, -0.1) is 0 Å². The lowest BCUT2D eigenvalue weighted by molar-refractivity contribution is 0.816. The molecule has 2 aromatic rings. The summed E-state index contributed by atoms with van der Waals surface area (Å²) in [6.45, 7) is 4.03. The number of nitriles is 1. The SMILES string of the molecule is CC(C)c1nc2ccccc2nc1C#N. The minimum absolute atomic E-state index is 0.219. The average Bonchev–Trinajstić information content (AvgIpc) is 2.27. The van der Waals surface area contributed by atoms with Crippen LogP contribution in [-0.4, -0.2) is 9.97 Å². The Kier molecular flexibility index (Phi) is 2.34. The Morgan fingerprint density at radius 1 is 1.13 bits per heavy atom. The molecule has 0 atom stereocenters. The highest BCUT2D eigenvalue weighted by Crippen LogP contribution is 2.18. The van der Waals surface area contributed by atoms with E-state index in [9.17, 15) is 0 Å². The van der Waals surface area contributed by atoms with Crippen molar-refractivity contribution in [3.8, 4) is 6.07 Å². The monoisotopic (exact) mass is 197 g/mol. The summed E-state index contributed by atoms with van der Waals surface area (Å²) in [4.78, 5) is 8.75. The zero-order valence-corrected chi connectivity index (χ0v) is 8.73. The van der Waals surface area contributed by atoms with Crippen molar-refractivity contribution in [3.05, 3.63) is 35.7 Å². The largest absolute Gasteiger partial charge is 0.248 e. The van der Waals surface area contributed by atoms with E-state index in [0.717, 1.165) is 16.7 Å². The fourth-order valence-corrected chi connectivity index (χ4v) is 1.50. The molecule has 0 saturated carbocycles. The number of benzene rings is 1. The fourth-order valence-electron chi connectivity index (χ4n) is 1.50. The number of para-hydroxylation sites is 2. The number of hydrogen-bond donors (Lipinski definition) is 0. The van der Waals surface area contributed by atoms with Crippen LogP contribution < -0.4 is 0 Å². The molecule has 2 rings (SSSR count). The summed E-state index contributed by atoms with van der Waals surface area (Å²) in [5, 5.41) is 8.97. The Hall–Kier alpha value is -1.95. The summed E-state index contributed by atoms with van der Waals surface area (Å²) in [6.07, 6.45) is 0. The van der Waals surface area contributed by atoms with Gasteiger partial charge in [-0.25, -0.2) is 9.97 Å². The van der Waals surface area contributed by atoms with Crippen LogP contribution in [0.5, 0.6) is 0 Å². The summed E-state index contributed by atoms with van der Waals surface area (Å²) in [5.41, 5.74) is 2.83. The quantitative estimate of drug-likeness (QED) is 0.706. The van der Waals surface area contributed by atoms with E-state index in [-0.39, 0.29) is 5.92 Å². The van der Waals surface area contributed by atoms with Crippen LogP contribution in [0.15, 0.2) is 24.3 Å².